The predicted molar refractivity (Wildman–Crippen MR) is 69.9 cm³/mol. The van der Waals surface area contributed by atoms with E-state index in [-0.39, 0.29) is 0 Å². The van der Waals surface area contributed by atoms with Crippen LogP contribution in [0.2, 0.25) is 0 Å². The summed E-state index contributed by atoms with van der Waals surface area (Å²) in [7, 11) is -3.44. The standard InChI is InChI=1S/C10H14BrN3O2S/c11-9-4-5-10(12-8-9)13-17(15,16)14-6-2-1-3-7-14/h4-5,8H,1-3,6-7H2,(H,12,13). The molecule has 0 aromatic carbocycles. The molecule has 2 heterocycles. The smallest absolute Gasteiger partial charge is 0.254 e. The third-order valence-corrected chi connectivity index (χ3v) is 4.60. The average Bonchev–Trinajstić information content (AvgIpc) is 2.33. The van der Waals surface area contributed by atoms with Gasteiger partial charge < -0.3 is 0 Å². The van der Waals surface area contributed by atoms with E-state index in [4.69, 9.17) is 0 Å². The minimum absolute atomic E-state index is 0.346. The lowest BCUT2D eigenvalue weighted by Crippen LogP contribution is -2.39. The van der Waals surface area contributed by atoms with Gasteiger partial charge >= 0.3 is 10.2 Å². The number of hydrogen-bond donors (Lipinski definition) is 1. The largest absolute Gasteiger partial charge is 0.302 e. The van der Waals surface area contributed by atoms with Crippen LogP contribution in [0.1, 0.15) is 19.3 Å². The first-order valence-corrected chi connectivity index (χ1v) is 7.71. The number of anilines is 1. The van der Waals surface area contributed by atoms with Crippen molar-refractivity contribution in [3.05, 3.63) is 22.8 Å². The van der Waals surface area contributed by atoms with Gasteiger partial charge in [-0.2, -0.15) is 12.7 Å². The monoisotopic (exact) mass is 319 g/mol. The van der Waals surface area contributed by atoms with E-state index in [1.165, 1.54) is 4.31 Å². The van der Waals surface area contributed by atoms with E-state index in [1.54, 1.807) is 18.3 Å². The van der Waals surface area contributed by atoms with Gasteiger partial charge in [0.25, 0.3) is 0 Å². The molecule has 0 spiro atoms. The predicted octanol–water partition coefficient (Wildman–Crippen LogP) is 1.99. The van der Waals surface area contributed by atoms with Crippen molar-refractivity contribution in [3.63, 3.8) is 0 Å². The molecule has 0 aliphatic carbocycles. The lowest BCUT2D eigenvalue weighted by atomic mass is 10.2. The maximum atomic E-state index is 12.0. The molecule has 0 unspecified atom stereocenters. The Balaban J connectivity index is 2.08. The molecule has 2 rings (SSSR count). The van der Waals surface area contributed by atoms with Crippen LogP contribution in [0.5, 0.6) is 0 Å². The van der Waals surface area contributed by atoms with Gasteiger partial charge in [0, 0.05) is 23.8 Å². The maximum Gasteiger partial charge on any atom is 0.302 e. The molecule has 0 atom stereocenters. The van der Waals surface area contributed by atoms with E-state index in [0.29, 0.717) is 18.9 Å². The topological polar surface area (TPSA) is 62.3 Å². The Morgan fingerprint density at radius 3 is 2.53 bits per heavy atom. The van der Waals surface area contributed by atoms with Crippen molar-refractivity contribution in [2.24, 2.45) is 0 Å². The molecule has 0 amide bonds. The zero-order valence-electron chi connectivity index (χ0n) is 9.26. The number of rotatable bonds is 3. The van der Waals surface area contributed by atoms with Gasteiger partial charge in [0.15, 0.2) is 0 Å². The van der Waals surface area contributed by atoms with Gasteiger partial charge in [-0.3, -0.25) is 4.72 Å². The molecule has 17 heavy (non-hydrogen) atoms. The van der Waals surface area contributed by atoms with Crippen molar-refractivity contribution in [1.82, 2.24) is 9.29 Å². The van der Waals surface area contributed by atoms with Crippen LogP contribution in [0.3, 0.4) is 0 Å². The molecule has 1 aromatic rings. The number of pyridine rings is 1. The molecule has 1 aliphatic rings. The Morgan fingerprint density at radius 2 is 1.94 bits per heavy atom. The second-order valence-corrected chi connectivity index (χ2v) is 6.51. The molecule has 1 fully saturated rings. The summed E-state index contributed by atoms with van der Waals surface area (Å²) in [4.78, 5) is 3.99. The first-order valence-electron chi connectivity index (χ1n) is 5.47. The van der Waals surface area contributed by atoms with E-state index >= 15 is 0 Å². The molecule has 1 aromatic heterocycles. The lowest BCUT2D eigenvalue weighted by molar-refractivity contribution is 0.349. The Bertz CT molecular complexity index is 469. The van der Waals surface area contributed by atoms with Gasteiger partial charge in [-0.25, -0.2) is 4.98 Å². The van der Waals surface area contributed by atoms with Gasteiger partial charge in [-0.1, -0.05) is 6.42 Å². The molecule has 7 heteroatoms. The molecule has 0 bridgehead atoms. The third-order valence-electron chi connectivity index (χ3n) is 2.62. The molecular formula is C10H14BrN3O2S. The molecule has 0 radical (unpaired) electrons. The molecule has 0 saturated carbocycles. The van der Waals surface area contributed by atoms with Crippen molar-refractivity contribution >= 4 is 32.0 Å². The summed E-state index contributed by atoms with van der Waals surface area (Å²) >= 11 is 3.25. The Labute approximate surface area is 110 Å². The number of hydrogen-bond acceptors (Lipinski definition) is 3. The van der Waals surface area contributed by atoms with Crippen LogP contribution in [-0.2, 0) is 10.2 Å². The molecule has 5 nitrogen and oxygen atoms in total. The second kappa shape index (κ2) is 5.32. The van der Waals surface area contributed by atoms with Gasteiger partial charge in [-0.15, -0.1) is 0 Å². The fourth-order valence-corrected chi connectivity index (χ4v) is 3.23. The zero-order chi connectivity index (χ0) is 12.3. The number of aromatic nitrogens is 1. The first kappa shape index (κ1) is 12.8. The molecule has 1 N–H and O–H groups in total. The third kappa shape index (κ3) is 3.40. The fraction of sp³-hybridized carbons (Fsp3) is 0.500. The van der Waals surface area contributed by atoms with Crippen LogP contribution in [0.4, 0.5) is 5.82 Å². The molecule has 1 aliphatic heterocycles. The molecule has 1 saturated heterocycles. The van der Waals surface area contributed by atoms with E-state index in [1.807, 2.05) is 0 Å². The van der Waals surface area contributed by atoms with Gasteiger partial charge in [0.2, 0.25) is 0 Å². The first-order chi connectivity index (χ1) is 8.08. The summed E-state index contributed by atoms with van der Waals surface area (Å²) in [5.74, 6) is 0.346. The molecule has 94 valence electrons. The number of piperidine rings is 1. The Kier molecular flexibility index (Phi) is 4.01. The van der Waals surface area contributed by atoms with E-state index in [0.717, 1.165) is 23.7 Å². The molecular weight excluding hydrogens is 306 g/mol. The lowest BCUT2D eigenvalue weighted by Gasteiger charge is -2.25. The normalized spacial score (nSPS) is 17.9. The summed E-state index contributed by atoms with van der Waals surface area (Å²) in [6.07, 6.45) is 4.51. The highest BCUT2D eigenvalue weighted by Gasteiger charge is 2.23. The van der Waals surface area contributed by atoms with Gasteiger partial charge in [0.1, 0.15) is 5.82 Å². The van der Waals surface area contributed by atoms with E-state index in [2.05, 4.69) is 25.6 Å². The summed E-state index contributed by atoms with van der Waals surface area (Å²) in [6.45, 7) is 1.18. The van der Waals surface area contributed by atoms with Crippen LogP contribution in [-0.4, -0.2) is 30.8 Å². The van der Waals surface area contributed by atoms with Crippen LogP contribution in [0, 0.1) is 0 Å². The highest BCUT2D eigenvalue weighted by molar-refractivity contribution is 9.10. The highest BCUT2D eigenvalue weighted by atomic mass is 79.9. The van der Waals surface area contributed by atoms with Crippen molar-refractivity contribution in [3.8, 4) is 0 Å². The quantitative estimate of drug-likeness (QED) is 0.926. The zero-order valence-corrected chi connectivity index (χ0v) is 11.7. The summed E-state index contributed by atoms with van der Waals surface area (Å²) in [6, 6.07) is 3.38. The number of nitrogens with one attached hydrogen (secondary N) is 1. The van der Waals surface area contributed by atoms with Crippen LogP contribution in [0.15, 0.2) is 22.8 Å². The maximum absolute atomic E-state index is 12.0. The SMILES string of the molecule is O=S(=O)(Nc1ccc(Br)cn1)N1CCCCC1. The van der Waals surface area contributed by atoms with Gasteiger partial charge in [-0.05, 0) is 40.9 Å². The van der Waals surface area contributed by atoms with Crippen LogP contribution < -0.4 is 4.72 Å². The Hall–Kier alpha value is -0.660. The second-order valence-electron chi connectivity index (χ2n) is 3.93. The van der Waals surface area contributed by atoms with E-state index < -0.39 is 10.2 Å². The number of halogens is 1. The van der Waals surface area contributed by atoms with E-state index in [9.17, 15) is 8.42 Å². The summed E-state index contributed by atoms with van der Waals surface area (Å²) in [5, 5.41) is 0. The van der Waals surface area contributed by atoms with Crippen molar-refractivity contribution in [1.29, 1.82) is 0 Å². The minimum atomic E-state index is -3.44. The summed E-state index contributed by atoms with van der Waals surface area (Å²) in [5.41, 5.74) is 0. The van der Waals surface area contributed by atoms with Crippen molar-refractivity contribution in [2.45, 2.75) is 19.3 Å². The van der Waals surface area contributed by atoms with Crippen LogP contribution >= 0.6 is 15.9 Å². The van der Waals surface area contributed by atoms with Crippen molar-refractivity contribution < 1.29 is 8.42 Å². The fourth-order valence-electron chi connectivity index (χ4n) is 1.74. The average molecular weight is 320 g/mol. The van der Waals surface area contributed by atoms with Crippen molar-refractivity contribution in [2.75, 3.05) is 17.8 Å². The number of nitrogens with zero attached hydrogens (tertiary/aromatic N) is 2. The van der Waals surface area contributed by atoms with Crippen LogP contribution in [0.25, 0.3) is 0 Å². The Morgan fingerprint density at radius 1 is 1.24 bits per heavy atom. The van der Waals surface area contributed by atoms with Gasteiger partial charge in [0.05, 0.1) is 0 Å². The summed E-state index contributed by atoms with van der Waals surface area (Å²) < 4.78 is 28.8. The highest BCUT2D eigenvalue weighted by Crippen LogP contribution is 2.16. The minimum Gasteiger partial charge on any atom is -0.254 e.